The fourth-order valence-corrected chi connectivity index (χ4v) is 2.97. The van der Waals surface area contributed by atoms with Crippen molar-refractivity contribution in [2.75, 3.05) is 13.2 Å². The molecule has 5 nitrogen and oxygen atoms in total. The molecule has 1 fully saturated rings. The Bertz CT molecular complexity index is 444. The smallest absolute Gasteiger partial charge is 0.269 e. The first kappa shape index (κ1) is 14.9. The maximum absolute atomic E-state index is 10.8. The van der Waals surface area contributed by atoms with Gasteiger partial charge in [0.25, 0.3) is 5.69 Å². The number of hydrogen-bond acceptors (Lipinski definition) is 4. The van der Waals surface area contributed by atoms with Crippen LogP contribution in [0.3, 0.4) is 0 Å². The summed E-state index contributed by atoms with van der Waals surface area (Å²) >= 11 is 0. The highest BCUT2D eigenvalue weighted by molar-refractivity contribution is 5.34. The lowest BCUT2D eigenvalue weighted by Gasteiger charge is -2.34. The second-order valence-electron chi connectivity index (χ2n) is 5.41. The van der Waals surface area contributed by atoms with Gasteiger partial charge in [-0.05, 0) is 18.4 Å². The van der Waals surface area contributed by atoms with Crippen molar-refractivity contribution in [2.24, 2.45) is 0 Å². The number of nitro groups is 1. The fourth-order valence-electron chi connectivity index (χ4n) is 2.97. The quantitative estimate of drug-likeness (QED) is 0.642. The summed E-state index contributed by atoms with van der Waals surface area (Å²) in [7, 11) is 0. The summed E-state index contributed by atoms with van der Waals surface area (Å²) in [4.78, 5) is 12.7. The van der Waals surface area contributed by atoms with E-state index >= 15 is 0 Å². The van der Waals surface area contributed by atoms with Crippen molar-refractivity contribution < 1.29 is 10.0 Å². The van der Waals surface area contributed by atoms with E-state index in [0.29, 0.717) is 19.1 Å². The summed E-state index contributed by atoms with van der Waals surface area (Å²) in [5.74, 6) is 0. The lowest BCUT2D eigenvalue weighted by atomic mass is 9.94. The Morgan fingerprint density at radius 1 is 1.30 bits per heavy atom. The van der Waals surface area contributed by atoms with E-state index in [1.54, 1.807) is 12.1 Å². The average molecular weight is 278 g/mol. The first-order valence-corrected chi connectivity index (χ1v) is 7.29. The third kappa shape index (κ3) is 4.02. The second kappa shape index (κ2) is 7.36. The summed E-state index contributed by atoms with van der Waals surface area (Å²) in [5, 5.41) is 20.1. The van der Waals surface area contributed by atoms with Crippen molar-refractivity contribution in [2.45, 2.75) is 44.7 Å². The van der Waals surface area contributed by atoms with E-state index in [1.807, 2.05) is 6.07 Å². The van der Waals surface area contributed by atoms with Crippen LogP contribution in [0.15, 0.2) is 24.3 Å². The molecular formula is C15H22N2O3. The molecule has 110 valence electrons. The van der Waals surface area contributed by atoms with Gasteiger partial charge in [-0.25, -0.2) is 0 Å². The topological polar surface area (TPSA) is 66.6 Å². The molecule has 1 aromatic carbocycles. The van der Waals surface area contributed by atoms with Gasteiger partial charge in [0.15, 0.2) is 0 Å². The molecule has 5 heteroatoms. The van der Waals surface area contributed by atoms with Gasteiger partial charge in [0, 0.05) is 31.3 Å². The minimum Gasteiger partial charge on any atom is -0.395 e. The standard InChI is InChI=1S/C15H22N2O3/c18-10-9-16(14-6-2-1-3-7-14)12-13-5-4-8-15(11-13)17(19)20/h4-5,8,11,14,18H,1-3,6-7,9-10,12H2. The van der Waals surface area contributed by atoms with Crippen molar-refractivity contribution in [3.05, 3.63) is 39.9 Å². The van der Waals surface area contributed by atoms with Gasteiger partial charge in [0.2, 0.25) is 0 Å². The second-order valence-corrected chi connectivity index (χ2v) is 5.41. The third-order valence-electron chi connectivity index (χ3n) is 3.99. The number of benzene rings is 1. The number of hydrogen-bond donors (Lipinski definition) is 1. The summed E-state index contributed by atoms with van der Waals surface area (Å²) in [6, 6.07) is 7.29. The van der Waals surface area contributed by atoms with E-state index in [9.17, 15) is 15.2 Å². The summed E-state index contributed by atoms with van der Waals surface area (Å²) < 4.78 is 0. The fraction of sp³-hybridized carbons (Fsp3) is 0.600. The van der Waals surface area contributed by atoms with Crippen LogP contribution in [0, 0.1) is 10.1 Å². The maximum Gasteiger partial charge on any atom is 0.269 e. The Morgan fingerprint density at radius 2 is 2.05 bits per heavy atom. The van der Waals surface area contributed by atoms with Crippen LogP contribution in [0.1, 0.15) is 37.7 Å². The van der Waals surface area contributed by atoms with E-state index in [0.717, 1.165) is 18.4 Å². The van der Waals surface area contributed by atoms with Crippen LogP contribution in [0.4, 0.5) is 5.69 Å². The predicted molar refractivity (Wildman–Crippen MR) is 77.5 cm³/mol. The van der Waals surface area contributed by atoms with E-state index in [1.165, 1.54) is 25.3 Å². The lowest BCUT2D eigenvalue weighted by molar-refractivity contribution is -0.384. The largest absolute Gasteiger partial charge is 0.395 e. The van der Waals surface area contributed by atoms with Gasteiger partial charge in [-0.15, -0.1) is 0 Å². The van der Waals surface area contributed by atoms with Crippen LogP contribution in [-0.2, 0) is 6.54 Å². The van der Waals surface area contributed by atoms with Crippen molar-refractivity contribution in [3.63, 3.8) is 0 Å². The number of rotatable bonds is 6. The molecule has 0 aliphatic heterocycles. The molecule has 0 atom stereocenters. The zero-order valence-electron chi connectivity index (χ0n) is 11.7. The first-order valence-electron chi connectivity index (χ1n) is 7.29. The molecule has 1 aliphatic rings. The average Bonchev–Trinajstić information content (AvgIpc) is 2.48. The van der Waals surface area contributed by atoms with E-state index in [2.05, 4.69) is 4.90 Å². The molecular weight excluding hydrogens is 256 g/mol. The zero-order valence-corrected chi connectivity index (χ0v) is 11.7. The highest BCUT2D eigenvalue weighted by atomic mass is 16.6. The van der Waals surface area contributed by atoms with E-state index in [4.69, 9.17) is 0 Å². The molecule has 1 aliphatic carbocycles. The normalized spacial score (nSPS) is 16.5. The van der Waals surface area contributed by atoms with Gasteiger partial charge in [0.05, 0.1) is 11.5 Å². The van der Waals surface area contributed by atoms with Gasteiger partial charge >= 0.3 is 0 Å². The zero-order chi connectivity index (χ0) is 14.4. The Kier molecular flexibility index (Phi) is 5.49. The predicted octanol–water partition coefficient (Wildman–Crippen LogP) is 2.72. The van der Waals surface area contributed by atoms with Gasteiger partial charge in [-0.1, -0.05) is 31.4 Å². The van der Waals surface area contributed by atoms with Gasteiger partial charge in [-0.2, -0.15) is 0 Å². The van der Waals surface area contributed by atoms with Crippen LogP contribution < -0.4 is 0 Å². The number of non-ortho nitro benzene ring substituents is 1. The number of aliphatic hydroxyl groups excluding tert-OH is 1. The van der Waals surface area contributed by atoms with Gasteiger partial charge in [0.1, 0.15) is 0 Å². The molecule has 0 radical (unpaired) electrons. The van der Waals surface area contributed by atoms with Crippen LogP contribution in [0.2, 0.25) is 0 Å². The Balaban J connectivity index is 2.06. The van der Waals surface area contributed by atoms with Crippen LogP contribution in [0.25, 0.3) is 0 Å². The van der Waals surface area contributed by atoms with Crippen LogP contribution >= 0.6 is 0 Å². The van der Waals surface area contributed by atoms with Crippen molar-refractivity contribution in [1.82, 2.24) is 4.90 Å². The Morgan fingerprint density at radius 3 is 2.70 bits per heavy atom. The SMILES string of the molecule is O=[N+]([O-])c1cccc(CN(CCO)C2CCCCC2)c1. The van der Waals surface area contributed by atoms with E-state index in [-0.39, 0.29) is 17.2 Å². The molecule has 0 spiro atoms. The summed E-state index contributed by atoms with van der Waals surface area (Å²) in [6.07, 6.45) is 6.09. The molecule has 2 rings (SSSR count). The molecule has 0 heterocycles. The summed E-state index contributed by atoms with van der Waals surface area (Å²) in [5.41, 5.74) is 1.08. The molecule has 0 bridgehead atoms. The molecule has 0 aromatic heterocycles. The molecule has 0 unspecified atom stereocenters. The monoisotopic (exact) mass is 278 g/mol. The minimum atomic E-state index is -0.361. The van der Waals surface area contributed by atoms with Crippen molar-refractivity contribution >= 4 is 5.69 Å². The van der Waals surface area contributed by atoms with E-state index < -0.39 is 0 Å². The number of aliphatic hydroxyl groups is 1. The lowest BCUT2D eigenvalue weighted by Crippen LogP contribution is -2.38. The highest BCUT2D eigenvalue weighted by Crippen LogP contribution is 2.24. The molecule has 1 aromatic rings. The molecule has 1 saturated carbocycles. The van der Waals surface area contributed by atoms with Crippen molar-refractivity contribution in [1.29, 1.82) is 0 Å². The summed E-state index contributed by atoms with van der Waals surface area (Å²) in [6.45, 7) is 1.44. The van der Waals surface area contributed by atoms with Crippen LogP contribution in [0.5, 0.6) is 0 Å². The first-order chi connectivity index (χ1) is 9.70. The molecule has 20 heavy (non-hydrogen) atoms. The van der Waals surface area contributed by atoms with Gasteiger partial charge < -0.3 is 5.11 Å². The molecule has 0 amide bonds. The minimum absolute atomic E-state index is 0.130. The van der Waals surface area contributed by atoms with Crippen molar-refractivity contribution in [3.8, 4) is 0 Å². The molecule has 0 saturated heterocycles. The third-order valence-corrected chi connectivity index (χ3v) is 3.99. The number of nitrogens with zero attached hydrogens (tertiary/aromatic N) is 2. The Hall–Kier alpha value is -1.46. The van der Waals surface area contributed by atoms with Gasteiger partial charge in [-0.3, -0.25) is 15.0 Å². The van der Waals surface area contributed by atoms with Crippen LogP contribution in [-0.4, -0.2) is 34.1 Å². The Labute approximate surface area is 119 Å². The maximum atomic E-state index is 10.8. The number of nitro benzene ring substituents is 1. The molecule has 1 N–H and O–H groups in total. The highest BCUT2D eigenvalue weighted by Gasteiger charge is 2.21.